The van der Waals surface area contributed by atoms with E-state index in [-0.39, 0.29) is 0 Å². The molecule has 0 bridgehead atoms. The van der Waals surface area contributed by atoms with Crippen molar-refractivity contribution in [1.29, 1.82) is 0 Å². The molecular weight excluding hydrogens is 262 g/mol. The Morgan fingerprint density at radius 3 is 2.90 bits per heavy atom. The molecule has 1 saturated heterocycles. The molecule has 0 radical (unpaired) electrons. The van der Waals surface area contributed by atoms with Crippen LogP contribution in [0, 0.1) is 5.41 Å². The number of anilines is 1. The Balaban J connectivity index is 1.68. The number of fused-ring (bicyclic) bond motifs is 2. The van der Waals surface area contributed by atoms with E-state index in [1.165, 1.54) is 49.4 Å². The third kappa shape index (κ3) is 1.80. The van der Waals surface area contributed by atoms with Crippen LogP contribution in [0.2, 0.25) is 0 Å². The van der Waals surface area contributed by atoms with Crippen LogP contribution in [0.4, 0.5) is 5.82 Å². The number of hydrogen-bond donors (Lipinski definition) is 1. The molecule has 1 N–H and O–H groups in total. The molecule has 0 unspecified atom stereocenters. The Bertz CT molecular complexity index is 700. The topological polar surface area (TPSA) is 45.5 Å². The van der Waals surface area contributed by atoms with E-state index in [9.17, 15) is 0 Å². The molecule has 2 aromatic heterocycles. The summed E-state index contributed by atoms with van der Waals surface area (Å²) in [6, 6.07) is 2.03. The van der Waals surface area contributed by atoms with Crippen molar-refractivity contribution < 1.29 is 0 Å². The van der Waals surface area contributed by atoms with Gasteiger partial charge in [0.1, 0.15) is 5.82 Å². The minimum Gasteiger partial charge on any atom is -0.356 e. The van der Waals surface area contributed by atoms with Gasteiger partial charge in [0.2, 0.25) is 0 Å². The molecule has 2 aromatic rings. The molecule has 5 nitrogen and oxygen atoms in total. The predicted molar refractivity (Wildman–Crippen MR) is 81.8 cm³/mol. The maximum absolute atomic E-state index is 4.85. The zero-order valence-corrected chi connectivity index (χ0v) is 12.3. The Morgan fingerprint density at radius 2 is 2.05 bits per heavy atom. The average molecular weight is 283 g/mol. The van der Waals surface area contributed by atoms with Gasteiger partial charge in [-0.15, -0.1) is 0 Å². The van der Waals surface area contributed by atoms with Crippen molar-refractivity contribution in [2.75, 3.05) is 31.1 Å². The standard InChI is InChI=1S/C16H21N5/c1-7-17-8-2-13-12(1)15(21-14(19-13)3-9-18-21)20-10-6-16(11-20)4-5-16/h3,9,17H,1-2,4-8,10-11H2. The van der Waals surface area contributed by atoms with E-state index in [0.717, 1.165) is 31.6 Å². The van der Waals surface area contributed by atoms with Crippen molar-refractivity contribution in [1.82, 2.24) is 19.9 Å². The van der Waals surface area contributed by atoms with E-state index in [1.807, 2.05) is 12.3 Å². The van der Waals surface area contributed by atoms with Crippen molar-refractivity contribution in [2.24, 2.45) is 5.41 Å². The Hall–Kier alpha value is -1.62. The number of hydrogen-bond acceptors (Lipinski definition) is 4. The smallest absolute Gasteiger partial charge is 0.157 e. The highest BCUT2D eigenvalue weighted by molar-refractivity contribution is 5.58. The van der Waals surface area contributed by atoms with Crippen LogP contribution in [-0.4, -0.2) is 40.8 Å². The molecule has 3 aliphatic rings. The molecule has 0 aromatic carbocycles. The quantitative estimate of drug-likeness (QED) is 0.859. The molecule has 0 atom stereocenters. The van der Waals surface area contributed by atoms with Crippen molar-refractivity contribution >= 4 is 11.5 Å². The number of nitrogens with zero attached hydrogens (tertiary/aromatic N) is 4. The number of nitrogens with one attached hydrogen (secondary N) is 1. The van der Waals surface area contributed by atoms with E-state index in [4.69, 9.17) is 4.98 Å². The van der Waals surface area contributed by atoms with Crippen LogP contribution in [0.1, 0.15) is 30.5 Å². The van der Waals surface area contributed by atoms with Gasteiger partial charge in [-0.25, -0.2) is 4.98 Å². The molecule has 5 heteroatoms. The first-order valence-corrected chi connectivity index (χ1v) is 8.16. The van der Waals surface area contributed by atoms with Crippen molar-refractivity contribution in [3.63, 3.8) is 0 Å². The summed E-state index contributed by atoms with van der Waals surface area (Å²) in [4.78, 5) is 7.44. The molecule has 2 fully saturated rings. The van der Waals surface area contributed by atoms with Crippen LogP contribution in [0.3, 0.4) is 0 Å². The molecule has 1 aliphatic carbocycles. The molecule has 110 valence electrons. The summed E-state index contributed by atoms with van der Waals surface area (Å²) < 4.78 is 2.07. The number of rotatable bonds is 1. The van der Waals surface area contributed by atoms with E-state index in [2.05, 4.69) is 19.8 Å². The Kier molecular flexibility index (Phi) is 2.39. The van der Waals surface area contributed by atoms with E-state index in [0.29, 0.717) is 5.41 Å². The molecule has 0 amide bonds. The molecular formula is C16H21N5. The summed E-state index contributed by atoms with van der Waals surface area (Å²) in [5.74, 6) is 1.33. The highest BCUT2D eigenvalue weighted by Gasteiger charge is 2.48. The number of aromatic nitrogens is 3. The lowest BCUT2D eigenvalue weighted by Gasteiger charge is -2.24. The Labute approximate surface area is 124 Å². The first-order chi connectivity index (χ1) is 10.3. The summed E-state index contributed by atoms with van der Waals surface area (Å²) in [6.07, 6.45) is 8.17. The first-order valence-electron chi connectivity index (χ1n) is 8.16. The lowest BCUT2D eigenvalue weighted by Crippen LogP contribution is -2.26. The summed E-state index contributed by atoms with van der Waals surface area (Å²) in [6.45, 7) is 4.48. The minimum absolute atomic E-state index is 0.638. The summed E-state index contributed by atoms with van der Waals surface area (Å²) in [7, 11) is 0. The third-order valence-electron chi connectivity index (χ3n) is 5.48. The molecule has 1 spiro atoms. The zero-order valence-electron chi connectivity index (χ0n) is 12.3. The van der Waals surface area contributed by atoms with E-state index < -0.39 is 0 Å². The highest BCUT2D eigenvalue weighted by Crippen LogP contribution is 2.53. The van der Waals surface area contributed by atoms with Gasteiger partial charge in [-0.1, -0.05) is 0 Å². The van der Waals surface area contributed by atoms with Gasteiger partial charge < -0.3 is 10.2 Å². The van der Waals surface area contributed by atoms with Gasteiger partial charge >= 0.3 is 0 Å². The van der Waals surface area contributed by atoms with Gasteiger partial charge in [0.15, 0.2) is 5.65 Å². The van der Waals surface area contributed by atoms with Gasteiger partial charge in [-0.3, -0.25) is 0 Å². The highest BCUT2D eigenvalue weighted by atomic mass is 15.4. The van der Waals surface area contributed by atoms with Gasteiger partial charge in [-0.05, 0) is 37.6 Å². The van der Waals surface area contributed by atoms with Gasteiger partial charge in [-0.2, -0.15) is 9.61 Å². The first kappa shape index (κ1) is 12.0. The normalized spacial score (nSPS) is 23.5. The third-order valence-corrected chi connectivity index (χ3v) is 5.48. The van der Waals surface area contributed by atoms with E-state index >= 15 is 0 Å². The second-order valence-corrected chi connectivity index (χ2v) is 6.88. The second-order valence-electron chi connectivity index (χ2n) is 6.88. The summed E-state index contributed by atoms with van der Waals surface area (Å²) in [5, 5.41) is 8.06. The van der Waals surface area contributed by atoms with E-state index in [1.54, 1.807) is 0 Å². The maximum atomic E-state index is 4.85. The lowest BCUT2D eigenvalue weighted by atomic mass is 10.1. The zero-order chi connectivity index (χ0) is 13.9. The van der Waals surface area contributed by atoms with Crippen molar-refractivity contribution in [3.05, 3.63) is 23.5 Å². The largest absolute Gasteiger partial charge is 0.356 e. The van der Waals surface area contributed by atoms with Crippen molar-refractivity contribution in [2.45, 2.75) is 32.1 Å². The fourth-order valence-electron chi connectivity index (χ4n) is 4.04. The summed E-state index contributed by atoms with van der Waals surface area (Å²) >= 11 is 0. The molecule has 21 heavy (non-hydrogen) atoms. The minimum atomic E-state index is 0.638. The summed E-state index contributed by atoms with van der Waals surface area (Å²) in [5.41, 5.74) is 4.34. The fourth-order valence-corrected chi connectivity index (χ4v) is 4.04. The maximum Gasteiger partial charge on any atom is 0.157 e. The molecule has 4 heterocycles. The molecule has 2 aliphatic heterocycles. The van der Waals surface area contributed by atoms with Gasteiger partial charge in [0.05, 0.1) is 11.9 Å². The van der Waals surface area contributed by atoms with Crippen LogP contribution >= 0.6 is 0 Å². The van der Waals surface area contributed by atoms with Gasteiger partial charge in [0.25, 0.3) is 0 Å². The van der Waals surface area contributed by atoms with Crippen molar-refractivity contribution in [3.8, 4) is 0 Å². The van der Waals surface area contributed by atoms with Crippen LogP contribution in [0.5, 0.6) is 0 Å². The fraction of sp³-hybridized carbons (Fsp3) is 0.625. The van der Waals surface area contributed by atoms with Crippen LogP contribution in [0.15, 0.2) is 12.3 Å². The second kappa shape index (κ2) is 4.19. The monoisotopic (exact) mass is 283 g/mol. The SMILES string of the molecule is c1cc2nc3c(c(N4CCC5(CC5)C4)n2n1)CCNCC3. The lowest BCUT2D eigenvalue weighted by molar-refractivity contribution is 0.579. The predicted octanol–water partition coefficient (Wildman–Crippen LogP) is 1.41. The van der Waals surface area contributed by atoms with Crippen LogP contribution in [-0.2, 0) is 12.8 Å². The van der Waals surface area contributed by atoms with Crippen LogP contribution in [0.25, 0.3) is 5.65 Å². The van der Waals surface area contributed by atoms with Gasteiger partial charge in [0, 0.05) is 37.7 Å². The molecule has 1 saturated carbocycles. The van der Waals surface area contributed by atoms with Crippen LogP contribution < -0.4 is 10.2 Å². The molecule has 5 rings (SSSR count). The average Bonchev–Trinajstić information content (AvgIpc) is 2.96. The Morgan fingerprint density at radius 1 is 1.14 bits per heavy atom.